The van der Waals surface area contributed by atoms with Crippen molar-refractivity contribution < 1.29 is 33.2 Å². The van der Waals surface area contributed by atoms with Crippen LogP contribution >= 0.6 is 39.1 Å². The van der Waals surface area contributed by atoms with E-state index < -0.39 is 11.6 Å². The molecule has 0 fully saturated rings. The van der Waals surface area contributed by atoms with E-state index in [2.05, 4.69) is 15.9 Å². The minimum atomic E-state index is -1.22. The van der Waals surface area contributed by atoms with Crippen LogP contribution in [-0.4, -0.2) is 48.3 Å². The largest absolute Gasteiger partial charge is 0.493 e. The maximum Gasteiger partial charge on any atom is 0.337 e. The molecule has 0 spiro atoms. The minimum absolute atomic E-state index is 0.0725. The van der Waals surface area contributed by atoms with Crippen molar-refractivity contribution in [1.29, 1.82) is 0 Å². The molecule has 38 heavy (non-hydrogen) atoms. The van der Waals surface area contributed by atoms with Crippen LogP contribution in [0.15, 0.2) is 53.0 Å². The van der Waals surface area contributed by atoms with Gasteiger partial charge in [-0.1, -0.05) is 39.1 Å². The average Bonchev–Trinajstić information content (AvgIpc) is 2.94. The number of carbonyl (C=O) groups is 1. The van der Waals surface area contributed by atoms with Crippen LogP contribution < -0.4 is 14.2 Å². The molecular formula is C28H29BrCl2O7. The molecule has 0 saturated carbocycles. The molecule has 204 valence electrons. The number of ether oxygens (including phenoxy) is 6. The average molecular weight is 628 g/mol. The first-order chi connectivity index (χ1) is 18.2. The van der Waals surface area contributed by atoms with Crippen molar-refractivity contribution in [2.75, 3.05) is 42.3 Å². The molecule has 0 aromatic heterocycles. The molecule has 0 heterocycles. The monoisotopic (exact) mass is 626 g/mol. The maximum atomic E-state index is 12.5. The summed E-state index contributed by atoms with van der Waals surface area (Å²) in [5.41, 5.74) is 1.15. The summed E-state index contributed by atoms with van der Waals surface area (Å²) in [5.74, 6) is 1.03. The first kappa shape index (κ1) is 30.1. The predicted octanol–water partition coefficient (Wildman–Crippen LogP) is 7.07. The summed E-state index contributed by atoms with van der Waals surface area (Å²) in [6.45, 7) is -0.0725. The third kappa shape index (κ3) is 6.38. The molecule has 3 aromatic rings. The van der Waals surface area contributed by atoms with Gasteiger partial charge in [-0.25, -0.2) is 4.79 Å². The number of hydrogen-bond donors (Lipinski definition) is 0. The maximum absolute atomic E-state index is 12.5. The van der Waals surface area contributed by atoms with Gasteiger partial charge in [-0.05, 0) is 66.9 Å². The highest BCUT2D eigenvalue weighted by Crippen LogP contribution is 2.46. The normalized spacial score (nSPS) is 12.5. The number of hydrogen-bond acceptors (Lipinski definition) is 7. The van der Waals surface area contributed by atoms with E-state index in [9.17, 15) is 4.79 Å². The Morgan fingerprint density at radius 2 is 1.45 bits per heavy atom. The van der Waals surface area contributed by atoms with Gasteiger partial charge in [0.05, 0.1) is 34.0 Å². The summed E-state index contributed by atoms with van der Waals surface area (Å²) in [5, 5.41) is 0.837. The van der Waals surface area contributed by atoms with Gasteiger partial charge in [-0.15, -0.1) is 0 Å². The fourth-order valence-electron chi connectivity index (χ4n) is 4.29. The topological polar surface area (TPSA) is 72.5 Å². The van der Waals surface area contributed by atoms with E-state index in [0.29, 0.717) is 56.8 Å². The SMILES string of the molecule is COCO[C@@](CCc1cc(OC)c(OC)c(OC)c1)(c1cc(Br)ccc1Cl)c1cc(C(=O)OC)ccc1Cl. The zero-order valence-electron chi connectivity index (χ0n) is 21.7. The Kier molecular flexibility index (Phi) is 10.7. The van der Waals surface area contributed by atoms with Gasteiger partial charge in [0, 0.05) is 32.8 Å². The Labute approximate surface area is 241 Å². The van der Waals surface area contributed by atoms with Crippen molar-refractivity contribution in [2.24, 2.45) is 0 Å². The molecule has 0 aliphatic heterocycles. The van der Waals surface area contributed by atoms with Crippen LogP contribution in [0, 0.1) is 0 Å². The zero-order chi connectivity index (χ0) is 27.9. The van der Waals surface area contributed by atoms with Gasteiger partial charge in [0.15, 0.2) is 11.5 Å². The molecule has 1 atom stereocenters. The summed E-state index contributed by atoms with van der Waals surface area (Å²) in [6.07, 6.45) is 0.831. The number of benzene rings is 3. The lowest BCUT2D eigenvalue weighted by Gasteiger charge is -2.36. The van der Waals surface area contributed by atoms with Crippen LogP contribution in [-0.2, 0) is 26.2 Å². The van der Waals surface area contributed by atoms with E-state index in [-0.39, 0.29) is 6.79 Å². The molecule has 7 nitrogen and oxygen atoms in total. The first-order valence-electron chi connectivity index (χ1n) is 11.5. The molecule has 0 aliphatic carbocycles. The smallest absolute Gasteiger partial charge is 0.337 e. The lowest BCUT2D eigenvalue weighted by atomic mass is 9.80. The second-order valence-electron chi connectivity index (χ2n) is 8.22. The van der Waals surface area contributed by atoms with Gasteiger partial charge in [0.25, 0.3) is 0 Å². The molecule has 0 bridgehead atoms. The number of carbonyl (C=O) groups excluding carboxylic acids is 1. The van der Waals surface area contributed by atoms with Crippen LogP contribution in [0.5, 0.6) is 17.2 Å². The van der Waals surface area contributed by atoms with Crippen molar-refractivity contribution in [3.63, 3.8) is 0 Å². The van der Waals surface area contributed by atoms with Crippen molar-refractivity contribution >= 4 is 45.1 Å². The van der Waals surface area contributed by atoms with Crippen LogP contribution in [0.2, 0.25) is 10.0 Å². The highest BCUT2D eigenvalue weighted by molar-refractivity contribution is 9.10. The highest BCUT2D eigenvalue weighted by atomic mass is 79.9. The molecule has 3 rings (SSSR count). The van der Waals surface area contributed by atoms with E-state index in [0.717, 1.165) is 10.0 Å². The second kappa shape index (κ2) is 13.5. The van der Waals surface area contributed by atoms with E-state index in [4.69, 9.17) is 51.6 Å². The summed E-state index contributed by atoms with van der Waals surface area (Å²) >= 11 is 17.1. The highest BCUT2D eigenvalue weighted by Gasteiger charge is 2.40. The minimum Gasteiger partial charge on any atom is -0.493 e. The zero-order valence-corrected chi connectivity index (χ0v) is 24.8. The fraction of sp³-hybridized carbons (Fsp3) is 0.321. The molecule has 0 radical (unpaired) electrons. The molecule has 0 aliphatic rings. The number of rotatable bonds is 12. The van der Waals surface area contributed by atoms with Gasteiger partial charge in [0.2, 0.25) is 5.75 Å². The Hall–Kier alpha value is -2.49. The Bertz CT molecular complexity index is 1260. The number of halogens is 3. The van der Waals surface area contributed by atoms with Gasteiger partial charge < -0.3 is 28.4 Å². The molecule has 0 saturated heterocycles. The number of esters is 1. The standard InChI is InChI=1S/C28H29BrCl2O7/c1-33-16-38-28(21-15-19(29)7-9-23(21)31,20-14-18(27(32)37-5)6-8-22(20)30)11-10-17-12-24(34-2)26(36-4)25(13-17)35-3/h6-9,12-15H,10-11,16H2,1-5H3/t28-/m1/s1. The van der Waals surface area contributed by atoms with Crippen LogP contribution in [0.3, 0.4) is 0 Å². The summed E-state index contributed by atoms with van der Waals surface area (Å²) in [4.78, 5) is 12.5. The van der Waals surface area contributed by atoms with Crippen LogP contribution in [0.25, 0.3) is 0 Å². The van der Waals surface area contributed by atoms with Crippen LogP contribution in [0.4, 0.5) is 0 Å². The molecule has 10 heteroatoms. The van der Waals surface area contributed by atoms with Gasteiger partial charge in [0.1, 0.15) is 12.4 Å². The molecule has 3 aromatic carbocycles. The van der Waals surface area contributed by atoms with E-state index in [1.807, 2.05) is 24.3 Å². The van der Waals surface area contributed by atoms with Gasteiger partial charge >= 0.3 is 5.97 Å². The number of aryl methyl sites for hydroxylation is 1. The molecule has 0 amide bonds. The number of methoxy groups -OCH3 is 5. The van der Waals surface area contributed by atoms with Gasteiger partial charge in [-0.3, -0.25) is 0 Å². The van der Waals surface area contributed by atoms with Crippen molar-refractivity contribution in [3.05, 3.63) is 85.3 Å². The predicted molar refractivity (Wildman–Crippen MR) is 150 cm³/mol. The second-order valence-corrected chi connectivity index (χ2v) is 9.95. The third-order valence-electron chi connectivity index (χ3n) is 6.10. The van der Waals surface area contributed by atoms with E-state index in [1.165, 1.54) is 14.2 Å². The van der Waals surface area contributed by atoms with E-state index >= 15 is 0 Å². The van der Waals surface area contributed by atoms with E-state index in [1.54, 1.807) is 45.6 Å². The fourth-order valence-corrected chi connectivity index (χ4v) is 5.19. The van der Waals surface area contributed by atoms with Crippen molar-refractivity contribution in [2.45, 2.75) is 18.4 Å². The summed E-state index contributed by atoms with van der Waals surface area (Å²) in [7, 11) is 7.52. The molecule has 0 N–H and O–H groups in total. The molecule has 0 unspecified atom stereocenters. The summed E-state index contributed by atoms with van der Waals surface area (Å²) < 4.78 is 34.1. The van der Waals surface area contributed by atoms with Crippen LogP contribution in [0.1, 0.15) is 33.5 Å². The Morgan fingerprint density at radius 3 is 2.00 bits per heavy atom. The lowest BCUT2D eigenvalue weighted by molar-refractivity contribution is -0.119. The Balaban J connectivity index is 2.25. The third-order valence-corrected chi connectivity index (χ3v) is 7.25. The van der Waals surface area contributed by atoms with Gasteiger partial charge in [-0.2, -0.15) is 0 Å². The molecular weight excluding hydrogens is 599 g/mol. The Morgan fingerprint density at radius 1 is 0.842 bits per heavy atom. The van der Waals surface area contributed by atoms with Crippen molar-refractivity contribution in [3.8, 4) is 17.2 Å². The van der Waals surface area contributed by atoms with Crippen molar-refractivity contribution in [1.82, 2.24) is 0 Å². The summed E-state index contributed by atoms with van der Waals surface area (Å²) in [6, 6.07) is 14.1. The lowest BCUT2D eigenvalue weighted by Crippen LogP contribution is -2.34. The quantitative estimate of drug-likeness (QED) is 0.157. The first-order valence-corrected chi connectivity index (χ1v) is 13.0.